The predicted octanol–water partition coefficient (Wildman–Crippen LogP) is 0.973. The molecule has 1 aromatic heterocycles. The number of amides is 1. The maximum absolute atomic E-state index is 11.9. The highest BCUT2D eigenvalue weighted by molar-refractivity contribution is 5.75. The summed E-state index contributed by atoms with van der Waals surface area (Å²) >= 11 is 0. The first-order valence-corrected chi connectivity index (χ1v) is 9.43. The number of imidazole rings is 1. The van der Waals surface area contributed by atoms with Gasteiger partial charge >= 0.3 is 0 Å². The first kappa shape index (κ1) is 17.6. The summed E-state index contributed by atoms with van der Waals surface area (Å²) in [5.74, 6) is 1.43. The average molecular weight is 368 g/mol. The molecule has 1 aliphatic heterocycles. The van der Waals surface area contributed by atoms with E-state index in [1.807, 2.05) is 25.1 Å². The van der Waals surface area contributed by atoms with Gasteiger partial charge in [0.2, 0.25) is 11.5 Å². The summed E-state index contributed by atoms with van der Waals surface area (Å²) in [4.78, 5) is 31.0. The molecule has 2 heterocycles. The maximum Gasteiger partial charge on any atom is 0.274 e. The molecule has 1 unspecified atom stereocenters. The quantitative estimate of drug-likeness (QED) is 0.651. The summed E-state index contributed by atoms with van der Waals surface area (Å²) < 4.78 is 7.83. The molecule has 7 nitrogen and oxygen atoms in total. The van der Waals surface area contributed by atoms with Gasteiger partial charge in [-0.25, -0.2) is 4.99 Å². The zero-order valence-electron chi connectivity index (χ0n) is 15.5. The van der Waals surface area contributed by atoms with Gasteiger partial charge in [0.05, 0.1) is 12.6 Å². The zero-order valence-corrected chi connectivity index (χ0v) is 15.5. The minimum atomic E-state index is -0.227. The first-order chi connectivity index (χ1) is 13.0. The molecule has 4 rings (SSSR count). The second-order valence-electron chi connectivity index (χ2n) is 7.40. The van der Waals surface area contributed by atoms with Gasteiger partial charge in [0.1, 0.15) is 16.8 Å². The van der Waals surface area contributed by atoms with Gasteiger partial charge in [-0.1, -0.05) is 18.7 Å². The lowest BCUT2D eigenvalue weighted by molar-refractivity contribution is -0.121. The molecule has 0 saturated heterocycles. The molecule has 1 saturated carbocycles. The van der Waals surface area contributed by atoms with Crippen molar-refractivity contribution < 1.29 is 9.53 Å². The van der Waals surface area contributed by atoms with Crippen LogP contribution in [-0.4, -0.2) is 28.1 Å². The van der Waals surface area contributed by atoms with E-state index >= 15 is 0 Å². The van der Waals surface area contributed by atoms with E-state index in [4.69, 9.17) is 4.74 Å². The van der Waals surface area contributed by atoms with Gasteiger partial charge in [0.15, 0.2) is 0 Å². The molecule has 1 aromatic carbocycles. The molecule has 0 spiro atoms. The van der Waals surface area contributed by atoms with E-state index in [0.717, 1.165) is 17.8 Å². The number of nitrogens with zero attached hydrogens (tertiary/aromatic N) is 2. The highest BCUT2D eigenvalue weighted by Crippen LogP contribution is 2.33. The normalized spacial score (nSPS) is 16.0. The SMILES string of the molecule is C=c1c(=O)[nH]c2n1Cc1cccc(OC(C)CCC(=O)NCC3CC3)c1N=2. The van der Waals surface area contributed by atoms with Crippen LogP contribution in [0.3, 0.4) is 0 Å². The van der Waals surface area contributed by atoms with Gasteiger partial charge < -0.3 is 14.6 Å². The number of carbonyl (C=O) groups excluding carboxylic acids is 1. The van der Waals surface area contributed by atoms with Crippen LogP contribution in [0.15, 0.2) is 28.0 Å². The highest BCUT2D eigenvalue weighted by Gasteiger charge is 2.22. The number of benzene rings is 1. The first-order valence-electron chi connectivity index (χ1n) is 9.43. The minimum Gasteiger partial charge on any atom is -0.488 e. The lowest BCUT2D eigenvalue weighted by Gasteiger charge is -2.19. The summed E-state index contributed by atoms with van der Waals surface area (Å²) in [5.41, 5.74) is 1.96. The smallest absolute Gasteiger partial charge is 0.274 e. The molecule has 2 aromatic rings. The van der Waals surface area contributed by atoms with Crippen LogP contribution in [-0.2, 0) is 11.3 Å². The molecule has 1 fully saturated rings. The van der Waals surface area contributed by atoms with Crippen molar-refractivity contribution in [2.24, 2.45) is 10.9 Å². The number of H-pyrrole nitrogens is 1. The standard InChI is InChI=1S/C20H24N4O3/c1-12(6-9-17(25)21-10-14-7-8-14)27-16-5-3-4-15-11-24-13(2)19(26)23-20(24)22-18(15)16/h3-5,12,14H,2,6-11H2,1H3,(H,21,25)(H,22,23,26). The Morgan fingerprint density at radius 2 is 2.30 bits per heavy atom. The topological polar surface area (TPSA) is 88.5 Å². The fourth-order valence-electron chi connectivity index (χ4n) is 3.22. The second-order valence-corrected chi connectivity index (χ2v) is 7.40. The summed E-state index contributed by atoms with van der Waals surface area (Å²) in [6.07, 6.45) is 3.42. The molecule has 2 aliphatic rings. The van der Waals surface area contributed by atoms with Crippen LogP contribution in [0.5, 0.6) is 5.75 Å². The van der Waals surface area contributed by atoms with Crippen LogP contribution in [0.2, 0.25) is 0 Å². The third kappa shape index (κ3) is 3.82. The highest BCUT2D eigenvalue weighted by atomic mass is 16.5. The number of aromatic amines is 1. The molecule has 1 aliphatic carbocycles. The minimum absolute atomic E-state index is 0.0792. The molecule has 7 heteroatoms. The number of para-hydroxylation sites is 1. The van der Waals surface area contributed by atoms with E-state index in [-0.39, 0.29) is 17.6 Å². The van der Waals surface area contributed by atoms with Crippen molar-refractivity contribution in [2.45, 2.75) is 45.3 Å². The summed E-state index contributed by atoms with van der Waals surface area (Å²) in [7, 11) is 0. The van der Waals surface area contributed by atoms with E-state index in [0.29, 0.717) is 42.0 Å². The molecular weight excluding hydrogens is 344 g/mol. The van der Waals surface area contributed by atoms with Crippen molar-refractivity contribution in [1.29, 1.82) is 0 Å². The van der Waals surface area contributed by atoms with Crippen LogP contribution in [0.1, 0.15) is 38.2 Å². The predicted molar refractivity (Wildman–Crippen MR) is 102 cm³/mol. The van der Waals surface area contributed by atoms with Crippen LogP contribution >= 0.6 is 0 Å². The van der Waals surface area contributed by atoms with Crippen LogP contribution in [0.4, 0.5) is 5.69 Å². The Morgan fingerprint density at radius 3 is 3.07 bits per heavy atom. The number of aromatic nitrogens is 2. The Labute approximate surface area is 156 Å². The van der Waals surface area contributed by atoms with E-state index in [9.17, 15) is 9.59 Å². The fourth-order valence-corrected chi connectivity index (χ4v) is 3.22. The van der Waals surface area contributed by atoms with Crippen LogP contribution < -0.4 is 26.6 Å². The summed E-state index contributed by atoms with van der Waals surface area (Å²) in [5, 5.41) is 3.38. The van der Waals surface area contributed by atoms with Gasteiger partial charge in [0, 0.05) is 18.5 Å². The third-order valence-corrected chi connectivity index (χ3v) is 5.09. The molecular formula is C20H24N4O3. The largest absolute Gasteiger partial charge is 0.488 e. The molecule has 0 bridgehead atoms. The Kier molecular flexibility index (Phi) is 4.59. The fraction of sp³-hybridized carbons (Fsp3) is 0.450. The lowest BCUT2D eigenvalue weighted by Crippen LogP contribution is -2.32. The monoisotopic (exact) mass is 368 g/mol. The van der Waals surface area contributed by atoms with Crippen molar-refractivity contribution in [3.8, 4) is 5.75 Å². The Bertz CT molecular complexity index is 1030. The summed E-state index contributed by atoms with van der Waals surface area (Å²) in [6, 6.07) is 5.75. The maximum atomic E-state index is 11.9. The number of fused-ring (bicyclic) bond motifs is 2. The van der Waals surface area contributed by atoms with Crippen molar-refractivity contribution in [2.75, 3.05) is 6.54 Å². The van der Waals surface area contributed by atoms with E-state index in [1.165, 1.54) is 12.8 Å². The van der Waals surface area contributed by atoms with E-state index < -0.39 is 0 Å². The van der Waals surface area contributed by atoms with Crippen molar-refractivity contribution in [3.63, 3.8) is 0 Å². The van der Waals surface area contributed by atoms with Crippen molar-refractivity contribution >= 4 is 18.2 Å². The molecule has 1 atom stereocenters. The Balaban J connectivity index is 1.44. The third-order valence-electron chi connectivity index (χ3n) is 5.09. The molecule has 27 heavy (non-hydrogen) atoms. The van der Waals surface area contributed by atoms with Gasteiger partial charge in [-0.15, -0.1) is 0 Å². The van der Waals surface area contributed by atoms with Crippen molar-refractivity contribution in [3.05, 3.63) is 45.1 Å². The lowest BCUT2D eigenvalue weighted by atomic mass is 10.1. The molecule has 1 amide bonds. The second kappa shape index (κ2) is 7.06. The number of nitrogens with one attached hydrogen (secondary N) is 2. The van der Waals surface area contributed by atoms with Gasteiger partial charge in [-0.3, -0.25) is 14.6 Å². The average Bonchev–Trinajstić information content (AvgIpc) is 3.44. The number of hydrogen-bond donors (Lipinski definition) is 2. The number of ether oxygens (including phenoxy) is 1. The zero-order chi connectivity index (χ0) is 19.0. The molecule has 142 valence electrons. The number of carbonyl (C=O) groups is 1. The number of rotatable bonds is 7. The van der Waals surface area contributed by atoms with Gasteiger partial charge in [-0.2, -0.15) is 0 Å². The number of hydrogen-bond acceptors (Lipinski definition) is 4. The van der Waals surface area contributed by atoms with Crippen LogP contribution in [0.25, 0.3) is 6.58 Å². The summed E-state index contributed by atoms with van der Waals surface area (Å²) in [6.45, 7) is 7.08. The van der Waals surface area contributed by atoms with Gasteiger partial charge in [-0.05, 0) is 38.2 Å². The van der Waals surface area contributed by atoms with Crippen molar-refractivity contribution in [1.82, 2.24) is 14.9 Å². The Morgan fingerprint density at radius 1 is 1.48 bits per heavy atom. The van der Waals surface area contributed by atoms with E-state index in [2.05, 4.69) is 21.9 Å². The van der Waals surface area contributed by atoms with Crippen LogP contribution in [0, 0.1) is 5.92 Å². The van der Waals surface area contributed by atoms with Gasteiger partial charge in [0.25, 0.3) is 5.56 Å². The van der Waals surface area contributed by atoms with E-state index in [1.54, 1.807) is 4.57 Å². The molecule has 0 radical (unpaired) electrons. The Hall–Kier alpha value is -2.83. The molecule has 2 N–H and O–H groups in total.